The molecular weight excluding hydrogens is 284 g/mol. The molecule has 3 N–H and O–H groups in total. The highest BCUT2D eigenvalue weighted by Gasteiger charge is 2.27. The molecule has 4 nitrogen and oxygen atoms in total. The molecule has 1 aromatic rings. The number of ether oxygens (including phenoxy) is 1. The summed E-state index contributed by atoms with van der Waals surface area (Å²) in [7, 11) is 1.58. The summed E-state index contributed by atoms with van der Waals surface area (Å²) in [4.78, 5) is 12.0. The Bertz CT molecular complexity index is 431. The largest absolute Gasteiger partial charge is 0.497 e. The summed E-state index contributed by atoms with van der Waals surface area (Å²) >= 11 is 3.36. The van der Waals surface area contributed by atoms with Crippen molar-refractivity contribution in [2.45, 2.75) is 24.9 Å². The Labute approximate surface area is 109 Å². The smallest absolute Gasteiger partial charge is 0.252 e. The molecular formula is C12H15BrN2O2. The first-order chi connectivity index (χ1) is 8.10. The molecule has 17 heavy (non-hydrogen) atoms. The number of carbonyl (C=O) groups is 1. The quantitative estimate of drug-likeness (QED) is 0.892. The maximum absolute atomic E-state index is 12.0. The first-order valence-electron chi connectivity index (χ1n) is 5.50. The van der Waals surface area contributed by atoms with Gasteiger partial charge in [-0.25, -0.2) is 0 Å². The third-order valence-corrected chi connectivity index (χ3v) is 3.62. The Kier molecular flexibility index (Phi) is 3.69. The molecule has 0 bridgehead atoms. The molecule has 0 heterocycles. The number of rotatable bonds is 3. The van der Waals surface area contributed by atoms with Gasteiger partial charge in [-0.05, 0) is 47.0 Å². The molecule has 0 spiro atoms. The summed E-state index contributed by atoms with van der Waals surface area (Å²) in [5, 5.41) is 2.95. The maximum Gasteiger partial charge on any atom is 0.252 e. The molecule has 5 heteroatoms. The van der Waals surface area contributed by atoms with Crippen LogP contribution in [0.5, 0.6) is 5.75 Å². The van der Waals surface area contributed by atoms with E-state index in [0.29, 0.717) is 11.3 Å². The minimum absolute atomic E-state index is 0.0901. The highest BCUT2D eigenvalue weighted by Crippen LogP contribution is 2.24. The van der Waals surface area contributed by atoms with Crippen LogP contribution in [0.15, 0.2) is 22.7 Å². The Morgan fingerprint density at radius 3 is 2.82 bits per heavy atom. The van der Waals surface area contributed by atoms with Crippen molar-refractivity contribution in [1.29, 1.82) is 0 Å². The van der Waals surface area contributed by atoms with Crippen LogP contribution in [-0.4, -0.2) is 25.1 Å². The van der Waals surface area contributed by atoms with Crippen LogP contribution in [0.3, 0.4) is 0 Å². The van der Waals surface area contributed by atoms with Gasteiger partial charge in [-0.15, -0.1) is 0 Å². The van der Waals surface area contributed by atoms with Gasteiger partial charge >= 0.3 is 0 Å². The van der Waals surface area contributed by atoms with Gasteiger partial charge in [0.2, 0.25) is 0 Å². The molecule has 0 aliphatic heterocycles. The molecule has 1 saturated carbocycles. The Balaban J connectivity index is 2.07. The summed E-state index contributed by atoms with van der Waals surface area (Å²) in [5.74, 6) is 0.580. The van der Waals surface area contributed by atoms with Crippen molar-refractivity contribution in [3.8, 4) is 5.75 Å². The number of hydrogen-bond acceptors (Lipinski definition) is 3. The zero-order valence-corrected chi connectivity index (χ0v) is 11.2. The minimum atomic E-state index is -0.0901. The molecule has 0 saturated heterocycles. The van der Waals surface area contributed by atoms with Gasteiger partial charge in [0.25, 0.3) is 5.91 Å². The van der Waals surface area contributed by atoms with Crippen LogP contribution in [0, 0.1) is 0 Å². The Hall–Kier alpha value is -1.07. The normalized spacial score (nSPS) is 22.8. The van der Waals surface area contributed by atoms with E-state index in [9.17, 15) is 4.79 Å². The van der Waals surface area contributed by atoms with Gasteiger partial charge in [0.15, 0.2) is 0 Å². The highest BCUT2D eigenvalue weighted by atomic mass is 79.9. The van der Waals surface area contributed by atoms with Crippen LogP contribution < -0.4 is 15.8 Å². The molecule has 92 valence electrons. The lowest BCUT2D eigenvalue weighted by Crippen LogP contribution is -2.50. The van der Waals surface area contributed by atoms with Crippen LogP contribution in [0.1, 0.15) is 23.2 Å². The van der Waals surface area contributed by atoms with Gasteiger partial charge in [-0.2, -0.15) is 0 Å². The second-order valence-electron chi connectivity index (χ2n) is 4.25. The standard InChI is InChI=1S/C12H15BrN2O2/c1-17-9-2-3-11(13)10(6-9)12(16)15-8-4-7(14)5-8/h2-3,6-8H,4-5,14H2,1H3,(H,15,16). The van der Waals surface area contributed by atoms with E-state index in [1.54, 1.807) is 25.3 Å². The SMILES string of the molecule is COc1ccc(Br)c(C(=O)NC2CC(N)C2)c1. The number of amides is 1. The van der Waals surface area contributed by atoms with E-state index < -0.39 is 0 Å². The number of methoxy groups -OCH3 is 1. The third-order valence-electron chi connectivity index (χ3n) is 2.93. The first kappa shape index (κ1) is 12.4. The zero-order chi connectivity index (χ0) is 12.4. The maximum atomic E-state index is 12.0. The minimum Gasteiger partial charge on any atom is -0.497 e. The number of halogens is 1. The number of nitrogens with one attached hydrogen (secondary N) is 1. The van der Waals surface area contributed by atoms with E-state index >= 15 is 0 Å². The topological polar surface area (TPSA) is 64.3 Å². The number of carbonyl (C=O) groups excluding carboxylic acids is 1. The summed E-state index contributed by atoms with van der Waals surface area (Å²) in [6.07, 6.45) is 1.71. The molecule has 0 atom stereocenters. The lowest BCUT2D eigenvalue weighted by Gasteiger charge is -2.33. The van der Waals surface area contributed by atoms with Crippen molar-refractivity contribution in [3.63, 3.8) is 0 Å². The molecule has 0 aromatic heterocycles. The molecule has 1 aliphatic rings. The predicted molar refractivity (Wildman–Crippen MR) is 69.2 cm³/mol. The van der Waals surface area contributed by atoms with E-state index in [4.69, 9.17) is 10.5 Å². The third kappa shape index (κ3) is 2.79. The lowest BCUT2D eigenvalue weighted by molar-refractivity contribution is 0.0909. The van der Waals surface area contributed by atoms with Crippen LogP contribution in [0.2, 0.25) is 0 Å². The second-order valence-corrected chi connectivity index (χ2v) is 5.10. The van der Waals surface area contributed by atoms with Crippen LogP contribution >= 0.6 is 15.9 Å². The van der Waals surface area contributed by atoms with Crippen molar-refractivity contribution >= 4 is 21.8 Å². The Morgan fingerprint density at radius 2 is 2.24 bits per heavy atom. The summed E-state index contributed by atoms with van der Waals surface area (Å²) in [6, 6.07) is 5.77. The predicted octanol–water partition coefficient (Wildman–Crippen LogP) is 1.68. The van der Waals surface area contributed by atoms with Gasteiger partial charge in [0, 0.05) is 16.6 Å². The van der Waals surface area contributed by atoms with Gasteiger partial charge in [0.1, 0.15) is 5.75 Å². The summed E-state index contributed by atoms with van der Waals surface area (Å²) in [5.41, 5.74) is 6.27. The van der Waals surface area contributed by atoms with Gasteiger partial charge in [-0.1, -0.05) is 0 Å². The van der Waals surface area contributed by atoms with Crippen LogP contribution in [0.4, 0.5) is 0 Å². The Morgan fingerprint density at radius 1 is 1.53 bits per heavy atom. The van der Waals surface area contributed by atoms with Crippen LogP contribution in [-0.2, 0) is 0 Å². The van der Waals surface area contributed by atoms with E-state index in [1.807, 2.05) is 0 Å². The van der Waals surface area contributed by atoms with E-state index in [2.05, 4.69) is 21.2 Å². The van der Waals surface area contributed by atoms with Gasteiger partial charge in [-0.3, -0.25) is 4.79 Å². The molecule has 2 rings (SSSR count). The van der Waals surface area contributed by atoms with E-state index in [-0.39, 0.29) is 18.0 Å². The summed E-state index contributed by atoms with van der Waals surface area (Å²) in [6.45, 7) is 0. The van der Waals surface area contributed by atoms with Crippen molar-refractivity contribution in [1.82, 2.24) is 5.32 Å². The van der Waals surface area contributed by atoms with Crippen molar-refractivity contribution < 1.29 is 9.53 Å². The molecule has 1 aromatic carbocycles. The van der Waals surface area contributed by atoms with Crippen molar-refractivity contribution in [3.05, 3.63) is 28.2 Å². The zero-order valence-electron chi connectivity index (χ0n) is 9.57. The van der Waals surface area contributed by atoms with Crippen molar-refractivity contribution in [2.75, 3.05) is 7.11 Å². The lowest BCUT2D eigenvalue weighted by atomic mass is 9.87. The fraction of sp³-hybridized carbons (Fsp3) is 0.417. The number of nitrogens with two attached hydrogens (primary N) is 1. The molecule has 0 radical (unpaired) electrons. The van der Waals surface area contributed by atoms with Gasteiger partial charge in [0.05, 0.1) is 12.7 Å². The molecule has 0 unspecified atom stereocenters. The van der Waals surface area contributed by atoms with E-state index in [1.165, 1.54) is 0 Å². The van der Waals surface area contributed by atoms with E-state index in [0.717, 1.165) is 17.3 Å². The fourth-order valence-electron chi connectivity index (χ4n) is 1.85. The molecule has 1 aliphatic carbocycles. The van der Waals surface area contributed by atoms with Gasteiger partial charge < -0.3 is 15.8 Å². The number of benzene rings is 1. The number of hydrogen-bond donors (Lipinski definition) is 2. The first-order valence-corrected chi connectivity index (χ1v) is 6.29. The molecule has 1 amide bonds. The monoisotopic (exact) mass is 298 g/mol. The van der Waals surface area contributed by atoms with Crippen molar-refractivity contribution in [2.24, 2.45) is 5.73 Å². The average molecular weight is 299 g/mol. The average Bonchev–Trinajstić information content (AvgIpc) is 2.27. The highest BCUT2D eigenvalue weighted by molar-refractivity contribution is 9.10. The van der Waals surface area contributed by atoms with Crippen LogP contribution in [0.25, 0.3) is 0 Å². The summed E-state index contributed by atoms with van der Waals surface area (Å²) < 4.78 is 5.86. The molecule has 1 fully saturated rings. The fourth-order valence-corrected chi connectivity index (χ4v) is 2.27. The second kappa shape index (κ2) is 5.06.